The lowest BCUT2D eigenvalue weighted by molar-refractivity contribution is -0.727. The summed E-state index contributed by atoms with van der Waals surface area (Å²) in [7, 11) is 0. The average molecular weight is 569 g/mol. The molecule has 0 saturated carbocycles. The monoisotopic (exact) mass is 568 g/mol. The zero-order valence-electron chi connectivity index (χ0n) is 23.0. The average Bonchev–Trinajstić information content (AvgIpc) is 3.01. The normalized spacial score (nSPS) is 10.4. The third kappa shape index (κ3) is 9.67. The molecule has 216 valence electrons. The van der Waals surface area contributed by atoms with Crippen LogP contribution < -0.4 is 30.4 Å². The SMILES string of the molecule is O=C([O-])CCNC(=O)OC[n+]1cccc(CNC(=O)Nc2ccc(OCCc3ccccc3-c3ccccc3)cc2)c1. The summed E-state index contributed by atoms with van der Waals surface area (Å²) in [5, 5.41) is 18.3. The van der Waals surface area contributed by atoms with Gasteiger partial charge in [0.1, 0.15) is 5.75 Å². The first kappa shape index (κ1) is 29.6. The number of hydrogen-bond donors (Lipinski definition) is 3. The van der Waals surface area contributed by atoms with Gasteiger partial charge in [0.05, 0.1) is 13.2 Å². The Morgan fingerprint density at radius 3 is 2.38 bits per heavy atom. The van der Waals surface area contributed by atoms with Gasteiger partial charge in [0.25, 0.3) is 6.73 Å². The zero-order valence-corrected chi connectivity index (χ0v) is 23.0. The van der Waals surface area contributed by atoms with Gasteiger partial charge in [-0.2, -0.15) is 4.57 Å². The van der Waals surface area contributed by atoms with Gasteiger partial charge in [-0.15, -0.1) is 0 Å². The number of nitrogens with zero attached hydrogens (tertiary/aromatic N) is 1. The van der Waals surface area contributed by atoms with Crippen molar-refractivity contribution in [2.75, 3.05) is 18.5 Å². The maximum absolute atomic E-state index is 12.4. The van der Waals surface area contributed by atoms with Crippen LogP contribution in [0, 0.1) is 0 Å². The fraction of sp³-hybridized carbons (Fsp3) is 0.188. The summed E-state index contributed by atoms with van der Waals surface area (Å²) in [6, 6.07) is 29.0. The molecule has 0 fully saturated rings. The number of carbonyl (C=O) groups excluding carboxylic acids is 3. The van der Waals surface area contributed by atoms with E-state index in [0.29, 0.717) is 18.0 Å². The zero-order chi connectivity index (χ0) is 29.6. The van der Waals surface area contributed by atoms with E-state index in [1.165, 1.54) is 16.7 Å². The van der Waals surface area contributed by atoms with Crippen molar-refractivity contribution in [1.82, 2.24) is 10.6 Å². The Morgan fingerprint density at radius 2 is 1.60 bits per heavy atom. The minimum Gasteiger partial charge on any atom is -0.550 e. The molecule has 0 unspecified atom stereocenters. The molecule has 1 heterocycles. The number of urea groups is 1. The number of carboxylic acids is 1. The van der Waals surface area contributed by atoms with Gasteiger partial charge in [-0.1, -0.05) is 54.6 Å². The minimum atomic E-state index is -1.26. The molecule has 0 atom stereocenters. The summed E-state index contributed by atoms with van der Waals surface area (Å²) in [4.78, 5) is 34.4. The molecule has 0 saturated heterocycles. The Bertz CT molecular complexity index is 1480. The topological polar surface area (TPSA) is 133 Å². The van der Waals surface area contributed by atoms with Crippen molar-refractivity contribution in [2.24, 2.45) is 0 Å². The quantitative estimate of drug-likeness (QED) is 0.212. The number of ether oxygens (including phenoxy) is 2. The van der Waals surface area contributed by atoms with E-state index in [9.17, 15) is 19.5 Å². The van der Waals surface area contributed by atoms with Gasteiger partial charge < -0.3 is 35.3 Å². The molecule has 3 N–H and O–H groups in total. The standard InChI is InChI=1S/C32H32N4O6/c37-30(38)16-18-33-32(40)42-23-36-19-6-7-24(22-36)21-34-31(39)35-27-12-14-28(15-13-27)41-20-17-26-10-4-5-11-29(26)25-8-2-1-3-9-25/h1-15,19,22H,16-18,20-21,23H2,(H3-,33,34,35,37,38,39,40). The van der Waals surface area contributed by atoms with Crippen LogP contribution >= 0.6 is 0 Å². The summed E-state index contributed by atoms with van der Waals surface area (Å²) >= 11 is 0. The molecule has 4 aromatic rings. The highest BCUT2D eigenvalue weighted by molar-refractivity contribution is 5.89. The molecule has 3 aromatic carbocycles. The second kappa shape index (κ2) is 15.4. The number of anilines is 1. The van der Waals surface area contributed by atoms with Crippen molar-refractivity contribution in [2.45, 2.75) is 26.1 Å². The Kier molecular flexibility index (Phi) is 10.9. The van der Waals surface area contributed by atoms with Crippen molar-refractivity contribution in [3.05, 3.63) is 115 Å². The van der Waals surface area contributed by atoms with Crippen molar-refractivity contribution < 1.29 is 33.5 Å². The summed E-state index contributed by atoms with van der Waals surface area (Å²) in [6.07, 6.45) is 3.14. The molecule has 10 heteroatoms. The maximum Gasteiger partial charge on any atom is 0.412 e. The van der Waals surface area contributed by atoms with E-state index in [1.54, 1.807) is 35.2 Å². The molecule has 0 bridgehead atoms. The number of hydrogen-bond acceptors (Lipinski definition) is 6. The highest BCUT2D eigenvalue weighted by Crippen LogP contribution is 2.24. The van der Waals surface area contributed by atoms with Gasteiger partial charge >= 0.3 is 12.1 Å². The second-order valence-electron chi connectivity index (χ2n) is 9.29. The molecular weight excluding hydrogens is 536 g/mol. The number of carbonyl (C=O) groups is 3. The van der Waals surface area contributed by atoms with Crippen molar-refractivity contribution in [1.29, 1.82) is 0 Å². The van der Waals surface area contributed by atoms with Crippen LogP contribution in [0.5, 0.6) is 5.75 Å². The van der Waals surface area contributed by atoms with Gasteiger partial charge in [0.15, 0.2) is 12.4 Å². The lowest BCUT2D eigenvalue weighted by Gasteiger charge is -2.12. The Balaban J connectivity index is 1.18. The molecular formula is C32H32N4O6. The Hall–Kier alpha value is -5.38. The van der Waals surface area contributed by atoms with E-state index in [-0.39, 0.29) is 32.3 Å². The van der Waals surface area contributed by atoms with Gasteiger partial charge in [-0.05, 0) is 47.0 Å². The number of rotatable bonds is 13. The number of aromatic nitrogens is 1. The summed E-state index contributed by atoms with van der Waals surface area (Å²) in [6.45, 7) is 0.610. The number of alkyl carbamates (subject to hydrolysis) is 1. The number of carboxylic acid groups (broad SMARTS) is 1. The predicted molar refractivity (Wildman–Crippen MR) is 154 cm³/mol. The fourth-order valence-corrected chi connectivity index (χ4v) is 4.12. The van der Waals surface area contributed by atoms with Crippen LogP contribution in [0.2, 0.25) is 0 Å². The van der Waals surface area contributed by atoms with Gasteiger partial charge in [-0.3, -0.25) is 0 Å². The molecule has 0 aliphatic heterocycles. The third-order valence-corrected chi connectivity index (χ3v) is 6.17. The van der Waals surface area contributed by atoms with Crippen molar-refractivity contribution >= 4 is 23.8 Å². The van der Waals surface area contributed by atoms with Crippen LogP contribution in [0.3, 0.4) is 0 Å². The smallest absolute Gasteiger partial charge is 0.412 e. The van der Waals surface area contributed by atoms with E-state index in [2.05, 4.69) is 40.2 Å². The molecule has 42 heavy (non-hydrogen) atoms. The first-order chi connectivity index (χ1) is 20.5. The van der Waals surface area contributed by atoms with Gasteiger partial charge in [0.2, 0.25) is 0 Å². The lowest BCUT2D eigenvalue weighted by Crippen LogP contribution is -2.39. The molecule has 4 rings (SSSR count). The van der Waals surface area contributed by atoms with E-state index < -0.39 is 12.1 Å². The van der Waals surface area contributed by atoms with Crippen LogP contribution in [0.25, 0.3) is 11.1 Å². The first-order valence-corrected chi connectivity index (χ1v) is 13.5. The highest BCUT2D eigenvalue weighted by atomic mass is 16.6. The van der Waals surface area contributed by atoms with Crippen LogP contribution in [0.1, 0.15) is 17.5 Å². The number of nitrogens with one attached hydrogen (secondary N) is 3. The summed E-state index contributed by atoms with van der Waals surface area (Å²) in [5.41, 5.74) is 4.99. The molecule has 0 aliphatic carbocycles. The van der Waals surface area contributed by atoms with E-state index >= 15 is 0 Å². The van der Waals surface area contributed by atoms with Crippen LogP contribution in [-0.2, 0) is 29.2 Å². The van der Waals surface area contributed by atoms with Crippen LogP contribution in [-0.4, -0.2) is 31.2 Å². The van der Waals surface area contributed by atoms with Crippen molar-refractivity contribution in [3.63, 3.8) is 0 Å². The van der Waals surface area contributed by atoms with Crippen molar-refractivity contribution in [3.8, 4) is 16.9 Å². The van der Waals surface area contributed by atoms with E-state index in [4.69, 9.17) is 9.47 Å². The fourth-order valence-electron chi connectivity index (χ4n) is 4.12. The Labute approximate surface area is 243 Å². The maximum atomic E-state index is 12.4. The van der Waals surface area contributed by atoms with Gasteiger partial charge in [-0.25, -0.2) is 9.59 Å². The summed E-state index contributed by atoms with van der Waals surface area (Å²) in [5.74, 6) is -0.547. The predicted octanol–water partition coefficient (Wildman–Crippen LogP) is 3.41. The number of aliphatic carboxylic acids is 1. The van der Waals surface area contributed by atoms with E-state index in [1.807, 2.05) is 48.5 Å². The molecule has 10 nitrogen and oxygen atoms in total. The molecule has 1 aromatic heterocycles. The summed E-state index contributed by atoms with van der Waals surface area (Å²) < 4.78 is 12.6. The minimum absolute atomic E-state index is 0.0782. The van der Waals surface area contributed by atoms with E-state index in [0.717, 1.165) is 12.0 Å². The molecule has 3 amide bonds. The Morgan fingerprint density at radius 1 is 0.833 bits per heavy atom. The van der Waals surface area contributed by atoms with Crippen LogP contribution in [0.4, 0.5) is 15.3 Å². The number of pyridine rings is 1. The van der Waals surface area contributed by atoms with Gasteiger partial charge in [0, 0.05) is 42.7 Å². The number of amides is 3. The highest BCUT2D eigenvalue weighted by Gasteiger charge is 2.09. The molecule has 0 aliphatic rings. The molecule has 0 radical (unpaired) electrons. The first-order valence-electron chi connectivity index (χ1n) is 13.5. The van der Waals surface area contributed by atoms with Crippen LogP contribution in [0.15, 0.2) is 103 Å². The number of benzene rings is 3. The third-order valence-electron chi connectivity index (χ3n) is 6.17. The lowest BCUT2D eigenvalue weighted by atomic mass is 9.98. The second-order valence-corrected chi connectivity index (χ2v) is 9.29. The largest absolute Gasteiger partial charge is 0.550 e. The molecule has 0 spiro atoms.